The van der Waals surface area contributed by atoms with Crippen molar-refractivity contribution in [2.24, 2.45) is 0 Å². The molecule has 0 aliphatic carbocycles. The van der Waals surface area contributed by atoms with Gasteiger partial charge < -0.3 is 20.4 Å². The molecule has 2 rings (SSSR count). The van der Waals surface area contributed by atoms with Gasteiger partial charge in [0.1, 0.15) is 17.9 Å². The average molecular weight is 338 g/mol. The summed E-state index contributed by atoms with van der Waals surface area (Å²) in [6.07, 6.45) is 5.31. The second-order valence-electron chi connectivity index (χ2n) is 4.60. The van der Waals surface area contributed by atoms with Crippen LogP contribution >= 0.6 is 11.8 Å². The Bertz CT molecular complexity index is 677. The second kappa shape index (κ2) is 8.32. The molecule has 0 unspecified atom stereocenters. The highest BCUT2D eigenvalue weighted by Gasteiger charge is 2.21. The number of anilines is 1. The standard InChI is InChI=1S/C13H18N6O3S/c1-22-13(21)8(3-4-23-2)19-9(20)5-14-11-10-12(16-6-15-10)18-7-17-11/h6-8H,3-5H2,1-2H3,(H,19,20)(H2,14,15,16,17,18)/t8-/m0/s1. The third-order valence-electron chi connectivity index (χ3n) is 3.07. The number of hydrogen-bond donors (Lipinski definition) is 3. The smallest absolute Gasteiger partial charge is 0.328 e. The lowest BCUT2D eigenvalue weighted by atomic mass is 10.2. The van der Waals surface area contributed by atoms with Gasteiger partial charge in [-0.15, -0.1) is 0 Å². The van der Waals surface area contributed by atoms with E-state index in [-0.39, 0.29) is 12.5 Å². The molecule has 10 heteroatoms. The maximum absolute atomic E-state index is 12.0. The topological polar surface area (TPSA) is 122 Å². The lowest BCUT2D eigenvalue weighted by Gasteiger charge is -2.16. The minimum atomic E-state index is -0.653. The fourth-order valence-electron chi connectivity index (χ4n) is 1.94. The first-order valence-corrected chi connectivity index (χ1v) is 8.29. The van der Waals surface area contributed by atoms with E-state index in [1.807, 2.05) is 6.26 Å². The molecule has 124 valence electrons. The molecule has 23 heavy (non-hydrogen) atoms. The number of aromatic nitrogens is 4. The van der Waals surface area contributed by atoms with Crippen LogP contribution in [0.3, 0.4) is 0 Å². The van der Waals surface area contributed by atoms with E-state index in [0.717, 1.165) is 5.75 Å². The molecule has 0 aliphatic rings. The fraction of sp³-hybridized carbons (Fsp3) is 0.462. The van der Waals surface area contributed by atoms with Gasteiger partial charge in [-0.3, -0.25) is 4.79 Å². The Labute approximate surface area is 137 Å². The van der Waals surface area contributed by atoms with E-state index in [4.69, 9.17) is 4.74 Å². The Morgan fingerprint density at radius 3 is 2.96 bits per heavy atom. The first-order chi connectivity index (χ1) is 11.2. The lowest BCUT2D eigenvalue weighted by Crippen LogP contribution is -2.44. The van der Waals surface area contributed by atoms with Gasteiger partial charge in [-0.2, -0.15) is 11.8 Å². The number of carbonyl (C=O) groups is 2. The van der Waals surface area contributed by atoms with Crippen molar-refractivity contribution in [3.63, 3.8) is 0 Å². The largest absolute Gasteiger partial charge is 0.467 e. The van der Waals surface area contributed by atoms with Gasteiger partial charge in [-0.25, -0.2) is 19.7 Å². The number of H-pyrrole nitrogens is 1. The maximum Gasteiger partial charge on any atom is 0.328 e. The zero-order valence-electron chi connectivity index (χ0n) is 12.8. The molecule has 1 atom stereocenters. The van der Waals surface area contributed by atoms with E-state index in [1.54, 1.807) is 11.8 Å². The molecular formula is C13H18N6O3S. The molecular weight excluding hydrogens is 320 g/mol. The molecule has 2 aromatic rings. The molecule has 9 nitrogen and oxygen atoms in total. The average Bonchev–Trinajstić information content (AvgIpc) is 3.05. The van der Waals surface area contributed by atoms with Crippen LogP contribution in [-0.2, 0) is 14.3 Å². The predicted molar refractivity (Wildman–Crippen MR) is 87.1 cm³/mol. The number of imidazole rings is 1. The minimum Gasteiger partial charge on any atom is -0.467 e. The number of carbonyl (C=O) groups excluding carboxylic acids is 2. The van der Waals surface area contributed by atoms with Crippen molar-refractivity contribution in [3.8, 4) is 0 Å². The van der Waals surface area contributed by atoms with Crippen LogP contribution in [0, 0.1) is 0 Å². The van der Waals surface area contributed by atoms with Crippen LogP contribution in [0.2, 0.25) is 0 Å². The summed E-state index contributed by atoms with van der Waals surface area (Å²) < 4.78 is 4.70. The molecule has 1 amide bonds. The molecule has 2 heterocycles. The molecule has 0 spiro atoms. The summed E-state index contributed by atoms with van der Waals surface area (Å²) in [5.74, 6) is 0.438. The SMILES string of the molecule is COC(=O)[C@H](CCSC)NC(=O)CNc1ncnc2nc[nH]c12. The van der Waals surface area contributed by atoms with Gasteiger partial charge in [0, 0.05) is 0 Å². The molecule has 0 fully saturated rings. The number of thioether (sulfide) groups is 1. The second-order valence-corrected chi connectivity index (χ2v) is 5.59. The Morgan fingerprint density at radius 2 is 2.22 bits per heavy atom. The molecule has 0 bridgehead atoms. The Balaban J connectivity index is 1.93. The van der Waals surface area contributed by atoms with Crippen molar-refractivity contribution >= 4 is 40.6 Å². The van der Waals surface area contributed by atoms with Crippen molar-refractivity contribution in [3.05, 3.63) is 12.7 Å². The Kier molecular flexibility index (Phi) is 6.15. The highest BCUT2D eigenvalue weighted by Crippen LogP contribution is 2.13. The van der Waals surface area contributed by atoms with Gasteiger partial charge >= 0.3 is 5.97 Å². The van der Waals surface area contributed by atoms with E-state index in [9.17, 15) is 9.59 Å². The number of amides is 1. The number of ether oxygens (including phenoxy) is 1. The normalized spacial score (nSPS) is 11.9. The number of nitrogens with zero attached hydrogens (tertiary/aromatic N) is 3. The summed E-state index contributed by atoms with van der Waals surface area (Å²) >= 11 is 1.59. The molecule has 0 radical (unpaired) electrons. The summed E-state index contributed by atoms with van der Waals surface area (Å²) in [5, 5.41) is 5.56. The van der Waals surface area contributed by atoms with Crippen LogP contribution in [0.15, 0.2) is 12.7 Å². The molecule has 3 N–H and O–H groups in total. The van der Waals surface area contributed by atoms with Gasteiger partial charge in [-0.05, 0) is 18.4 Å². The number of aromatic amines is 1. The van der Waals surface area contributed by atoms with Gasteiger partial charge in [-0.1, -0.05) is 0 Å². The zero-order chi connectivity index (χ0) is 16.7. The zero-order valence-corrected chi connectivity index (χ0v) is 13.6. The van der Waals surface area contributed by atoms with Crippen LogP contribution in [-0.4, -0.2) is 63.5 Å². The van der Waals surface area contributed by atoms with Crippen LogP contribution in [0.1, 0.15) is 6.42 Å². The summed E-state index contributed by atoms with van der Waals surface area (Å²) in [7, 11) is 1.30. The van der Waals surface area contributed by atoms with Crippen LogP contribution < -0.4 is 10.6 Å². The molecule has 0 aromatic carbocycles. The molecule has 0 saturated carbocycles. The highest BCUT2D eigenvalue weighted by atomic mass is 32.2. The van der Waals surface area contributed by atoms with Gasteiger partial charge in [0.05, 0.1) is 20.0 Å². The first-order valence-electron chi connectivity index (χ1n) is 6.89. The quantitative estimate of drug-likeness (QED) is 0.583. The monoisotopic (exact) mass is 338 g/mol. The molecule has 2 aromatic heterocycles. The Morgan fingerprint density at radius 1 is 1.39 bits per heavy atom. The summed E-state index contributed by atoms with van der Waals surface area (Å²) in [5.41, 5.74) is 1.13. The number of nitrogens with one attached hydrogen (secondary N) is 3. The van der Waals surface area contributed by atoms with E-state index in [2.05, 4.69) is 30.6 Å². The van der Waals surface area contributed by atoms with E-state index in [0.29, 0.717) is 23.4 Å². The first kappa shape index (κ1) is 17.0. The fourth-order valence-corrected chi connectivity index (χ4v) is 2.41. The summed E-state index contributed by atoms with van der Waals surface area (Å²) in [6.45, 7) is -0.0299. The summed E-state index contributed by atoms with van der Waals surface area (Å²) in [6, 6.07) is -0.653. The number of esters is 1. The number of methoxy groups -OCH3 is 1. The molecule has 0 aliphatic heterocycles. The van der Waals surface area contributed by atoms with E-state index in [1.165, 1.54) is 19.8 Å². The Hall–Kier alpha value is -2.36. The van der Waals surface area contributed by atoms with Gasteiger partial charge in [0.25, 0.3) is 0 Å². The third-order valence-corrected chi connectivity index (χ3v) is 3.71. The van der Waals surface area contributed by atoms with Gasteiger partial charge in [0.15, 0.2) is 11.5 Å². The van der Waals surface area contributed by atoms with Crippen molar-refractivity contribution < 1.29 is 14.3 Å². The minimum absolute atomic E-state index is 0.0299. The van der Waals surface area contributed by atoms with Crippen molar-refractivity contribution in [1.29, 1.82) is 0 Å². The predicted octanol–water partition coefficient (Wildman–Crippen LogP) is 0.176. The number of fused-ring (bicyclic) bond motifs is 1. The van der Waals surface area contributed by atoms with Crippen molar-refractivity contribution in [1.82, 2.24) is 25.3 Å². The number of hydrogen-bond acceptors (Lipinski definition) is 8. The highest BCUT2D eigenvalue weighted by molar-refractivity contribution is 7.98. The summed E-state index contributed by atoms with van der Waals surface area (Å²) in [4.78, 5) is 38.7. The van der Waals surface area contributed by atoms with Gasteiger partial charge in [0.2, 0.25) is 5.91 Å². The third kappa shape index (κ3) is 4.55. The van der Waals surface area contributed by atoms with Crippen molar-refractivity contribution in [2.75, 3.05) is 31.0 Å². The van der Waals surface area contributed by atoms with Crippen molar-refractivity contribution in [2.45, 2.75) is 12.5 Å². The van der Waals surface area contributed by atoms with Crippen LogP contribution in [0.5, 0.6) is 0 Å². The molecule has 0 saturated heterocycles. The number of rotatable bonds is 8. The van der Waals surface area contributed by atoms with E-state index >= 15 is 0 Å². The van der Waals surface area contributed by atoms with E-state index < -0.39 is 12.0 Å². The lowest BCUT2D eigenvalue weighted by molar-refractivity contribution is -0.144. The maximum atomic E-state index is 12.0. The van der Waals surface area contributed by atoms with Crippen LogP contribution in [0.4, 0.5) is 5.82 Å². The van der Waals surface area contributed by atoms with Crippen LogP contribution in [0.25, 0.3) is 11.2 Å².